The summed E-state index contributed by atoms with van der Waals surface area (Å²) in [6.07, 6.45) is 9.69. The third kappa shape index (κ3) is 1.25. The predicted octanol–water partition coefficient (Wildman–Crippen LogP) is 2.89. The first-order valence-corrected chi connectivity index (χ1v) is 11.8. The first-order chi connectivity index (χ1) is 13.9. The van der Waals surface area contributed by atoms with Crippen molar-refractivity contribution >= 4 is 29.0 Å². The van der Waals surface area contributed by atoms with Gasteiger partial charge in [-0.05, 0) is 0 Å². The normalized spacial score (nSPS) is 17.1. The van der Waals surface area contributed by atoms with E-state index < -0.39 is 7.41 Å². The van der Waals surface area contributed by atoms with E-state index in [-0.39, 0.29) is 0 Å². The molecule has 0 bridgehead atoms. The molecule has 5 heteroatoms. The minimum absolute atomic E-state index is 1.01. The average molecular weight is 381 g/mol. The number of pyridine rings is 1. The summed E-state index contributed by atoms with van der Waals surface area (Å²) in [5.41, 5.74) is 7.60. The Hall–Kier alpha value is -3.23. The van der Waals surface area contributed by atoms with Crippen LogP contribution in [-0.4, -0.2) is 4.68 Å². The maximum absolute atomic E-state index is 6.05. The second-order valence-electron chi connectivity index (χ2n) is 7.96. The summed E-state index contributed by atoms with van der Waals surface area (Å²) in [5, 5.41) is 4.37. The minimum atomic E-state index is -2.27. The molecule has 5 aromatic rings. The van der Waals surface area contributed by atoms with Crippen LogP contribution < -0.4 is 19.6 Å². The van der Waals surface area contributed by atoms with Crippen LogP contribution in [0.4, 0.5) is 0 Å². The Kier molecular flexibility index (Phi) is 2.11. The van der Waals surface area contributed by atoms with Gasteiger partial charge in [0.1, 0.15) is 0 Å². The van der Waals surface area contributed by atoms with Gasteiger partial charge in [-0.3, -0.25) is 0 Å². The molecule has 6 heterocycles. The van der Waals surface area contributed by atoms with Crippen molar-refractivity contribution in [1.29, 1.82) is 0 Å². The van der Waals surface area contributed by atoms with Gasteiger partial charge in [-0.2, -0.15) is 0 Å². The fraction of sp³-hybridized carbons (Fsp3) is 0.0435. The summed E-state index contributed by atoms with van der Waals surface area (Å²) in [6, 6.07) is 19.9. The second-order valence-corrected chi connectivity index (χ2v) is 11.5. The van der Waals surface area contributed by atoms with E-state index >= 15 is 0 Å². The van der Waals surface area contributed by atoms with Crippen molar-refractivity contribution in [3.63, 3.8) is 0 Å². The monoisotopic (exact) mass is 381 g/mol. The van der Waals surface area contributed by atoms with Gasteiger partial charge in [-0.1, -0.05) is 0 Å². The van der Waals surface area contributed by atoms with E-state index in [9.17, 15) is 0 Å². The number of fused-ring (bicyclic) bond motifs is 5. The Balaban J connectivity index is 1.70. The Morgan fingerprint density at radius 2 is 1.82 bits per heavy atom. The van der Waals surface area contributed by atoms with E-state index in [4.69, 9.17) is 4.42 Å². The van der Waals surface area contributed by atoms with Gasteiger partial charge in [0.15, 0.2) is 0 Å². The first-order valence-electron chi connectivity index (χ1n) is 9.65. The predicted molar refractivity (Wildman–Crippen MR) is 110 cm³/mol. The van der Waals surface area contributed by atoms with Crippen LogP contribution in [0.5, 0.6) is 0 Å². The molecule has 1 spiro atoms. The molecule has 0 radical (unpaired) electrons. The van der Waals surface area contributed by atoms with Gasteiger partial charge < -0.3 is 0 Å². The van der Waals surface area contributed by atoms with Gasteiger partial charge in [0.25, 0.3) is 0 Å². The quantitative estimate of drug-likeness (QED) is 0.299. The molecule has 4 nitrogen and oxygen atoms in total. The van der Waals surface area contributed by atoms with Crippen LogP contribution in [0, 0.1) is 0 Å². The van der Waals surface area contributed by atoms with E-state index in [1.165, 1.54) is 44.1 Å². The molecule has 3 aromatic heterocycles. The van der Waals surface area contributed by atoms with Crippen molar-refractivity contribution < 1.29 is 13.4 Å². The van der Waals surface area contributed by atoms with Crippen LogP contribution in [0.1, 0.15) is 0 Å². The van der Waals surface area contributed by atoms with Crippen LogP contribution >= 0.6 is 7.41 Å². The molecule has 8 rings (SSSR count). The number of hydrogen-bond donors (Lipinski definition) is 0. The third-order valence-electron chi connectivity index (χ3n) is 6.84. The van der Waals surface area contributed by atoms with Crippen molar-refractivity contribution in [3.05, 3.63) is 79.5 Å². The average Bonchev–Trinajstić information content (AvgIpc) is 3.43. The number of benzene rings is 2. The maximum atomic E-state index is 6.05. The first kappa shape index (κ1) is 13.9. The summed E-state index contributed by atoms with van der Waals surface area (Å²) >= 11 is 0. The van der Waals surface area contributed by atoms with E-state index in [1.807, 2.05) is 6.26 Å². The summed E-state index contributed by atoms with van der Waals surface area (Å²) in [6.45, 7) is 0. The molecular weight excluding hydrogens is 365 g/mol. The van der Waals surface area contributed by atoms with E-state index in [2.05, 4.69) is 86.9 Å². The fourth-order valence-electron chi connectivity index (χ4n) is 5.91. The van der Waals surface area contributed by atoms with E-state index in [0.717, 1.165) is 11.9 Å². The van der Waals surface area contributed by atoms with Crippen molar-refractivity contribution in [2.45, 2.75) is 6.29 Å². The third-order valence-corrected chi connectivity index (χ3v) is 11.5. The number of furan rings is 1. The Morgan fingerprint density at radius 3 is 2.82 bits per heavy atom. The molecule has 0 atom stereocenters. The molecule has 28 heavy (non-hydrogen) atoms. The molecule has 0 saturated heterocycles. The molecule has 0 amide bonds. The van der Waals surface area contributed by atoms with Crippen LogP contribution in [0.25, 0.3) is 39.0 Å². The van der Waals surface area contributed by atoms with Gasteiger partial charge in [-0.25, -0.2) is 0 Å². The Labute approximate surface area is 161 Å². The van der Waals surface area contributed by atoms with Crippen molar-refractivity contribution in [3.8, 4) is 28.1 Å². The Bertz CT molecular complexity index is 1510. The van der Waals surface area contributed by atoms with Gasteiger partial charge >= 0.3 is 161 Å². The fourth-order valence-corrected chi connectivity index (χ4v) is 11.3. The molecule has 132 valence electrons. The SMILES string of the molecule is c1cc2c3c(c1)-c1cccc[n+]1C[PH]31c3c(ccc4occ-2c34)-n2ccc[n+]21. The molecule has 0 N–H and O–H groups in total. The molecule has 2 aromatic carbocycles. The van der Waals surface area contributed by atoms with Crippen LogP contribution in [0.2, 0.25) is 0 Å². The molecule has 0 saturated carbocycles. The topological polar surface area (TPSA) is 25.8 Å². The summed E-state index contributed by atoms with van der Waals surface area (Å²) in [4.78, 5) is 0. The van der Waals surface area contributed by atoms with E-state index in [0.29, 0.717) is 0 Å². The van der Waals surface area contributed by atoms with Gasteiger partial charge in [0.05, 0.1) is 0 Å². The van der Waals surface area contributed by atoms with Crippen molar-refractivity contribution in [2.75, 3.05) is 0 Å². The van der Waals surface area contributed by atoms with Crippen LogP contribution in [0.15, 0.2) is 83.9 Å². The molecule has 0 unspecified atom stereocenters. The Morgan fingerprint density at radius 1 is 0.857 bits per heavy atom. The number of hydrogen-bond acceptors (Lipinski definition) is 1. The van der Waals surface area contributed by atoms with Gasteiger partial charge in [-0.15, -0.1) is 0 Å². The van der Waals surface area contributed by atoms with Gasteiger partial charge in [0.2, 0.25) is 0 Å². The molecular formula is C23H16N3OP+2. The molecule has 3 aliphatic rings. The zero-order valence-electron chi connectivity index (χ0n) is 15.0. The summed E-state index contributed by atoms with van der Waals surface area (Å²) < 4.78 is 13.4. The van der Waals surface area contributed by atoms with E-state index in [1.54, 1.807) is 0 Å². The number of nitrogens with zero attached hydrogens (tertiary/aromatic N) is 3. The van der Waals surface area contributed by atoms with Gasteiger partial charge in [0, 0.05) is 0 Å². The van der Waals surface area contributed by atoms with Crippen molar-refractivity contribution in [1.82, 2.24) is 4.68 Å². The second kappa shape index (κ2) is 4.26. The molecule has 3 aliphatic heterocycles. The summed E-state index contributed by atoms with van der Waals surface area (Å²) in [7, 11) is -2.27. The van der Waals surface area contributed by atoms with Crippen LogP contribution in [-0.2, 0) is 6.29 Å². The number of rotatable bonds is 0. The zero-order valence-corrected chi connectivity index (χ0v) is 16.0. The standard InChI is InChI=1S/C23H16N3OP/c1-2-10-24-14-28-22-15(5-3-6-16(22)18(24)7-1)17-13-27-20-9-8-19(23(28)21(17)20)25-11-4-12-26(25)28/h1-13,28H,14H2/q+2. The molecule has 0 fully saturated rings. The molecule has 0 aliphatic carbocycles. The van der Waals surface area contributed by atoms with Crippen LogP contribution in [0.3, 0.4) is 0 Å². The summed E-state index contributed by atoms with van der Waals surface area (Å²) in [5.74, 6) is 0. The van der Waals surface area contributed by atoms with Crippen molar-refractivity contribution in [2.24, 2.45) is 0 Å². The zero-order chi connectivity index (χ0) is 18.0. The number of aromatic nitrogens is 3.